The Kier molecular flexibility index (Phi) is 5.14. The molecule has 1 aliphatic rings. The Morgan fingerprint density at radius 3 is 2.80 bits per heavy atom. The van der Waals surface area contributed by atoms with Crippen LogP contribution in [-0.2, 0) is 14.3 Å². The molecule has 2 N–H and O–H groups in total. The van der Waals surface area contributed by atoms with Crippen LogP contribution >= 0.6 is 11.3 Å². The molecule has 0 fully saturated rings. The summed E-state index contributed by atoms with van der Waals surface area (Å²) in [6.45, 7) is -0.627. The second-order valence-electron chi connectivity index (χ2n) is 4.94. The van der Waals surface area contributed by atoms with E-state index in [2.05, 4.69) is 10.6 Å². The highest BCUT2D eigenvalue weighted by Crippen LogP contribution is 2.34. The van der Waals surface area contributed by atoms with Gasteiger partial charge in [-0.1, -0.05) is 6.07 Å². The summed E-state index contributed by atoms with van der Waals surface area (Å²) in [5.74, 6) is -0.434. The number of carbonyl (C=O) groups excluding carboxylic acids is 3. The van der Waals surface area contributed by atoms with Crippen LogP contribution in [0.25, 0.3) is 0 Å². The molecule has 0 spiro atoms. The molecule has 130 valence electrons. The number of hydrogen-bond acceptors (Lipinski definition) is 7. The van der Waals surface area contributed by atoms with Crippen molar-refractivity contribution in [2.45, 2.75) is 0 Å². The fourth-order valence-corrected chi connectivity index (χ4v) is 2.66. The van der Waals surface area contributed by atoms with Crippen LogP contribution in [0.4, 0.5) is 5.69 Å². The third kappa shape index (κ3) is 4.48. The van der Waals surface area contributed by atoms with Gasteiger partial charge in [0, 0.05) is 11.8 Å². The Morgan fingerprint density at radius 2 is 2.00 bits per heavy atom. The van der Waals surface area contributed by atoms with E-state index in [9.17, 15) is 14.4 Å². The van der Waals surface area contributed by atoms with Crippen molar-refractivity contribution in [3.05, 3.63) is 40.6 Å². The van der Waals surface area contributed by atoms with E-state index in [4.69, 9.17) is 14.2 Å². The number of benzene rings is 1. The Bertz CT molecular complexity index is 790. The zero-order valence-corrected chi connectivity index (χ0v) is 13.8. The number of thiophene rings is 1. The molecule has 1 aliphatic heterocycles. The van der Waals surface area contributed by atoms with Crippen LogP contribution in [0.5, 0.6) is 11.5 Å². The summed E-state index contributed by atoms with van der Waals surface area (Å²) < 4.78 is 15.2. The topological polar surface area (TPSA) is 103 Å². The van der Waals surface area contributed by atoms with Crippen LogP contribution in [0, 0.1) is 0 Å². The molecule has 0 saturated carbocycles. The molecule has 1 aromatic heterocycles. The summed E-state index contributed by atoms with van der Waals surface area (Å²) in [7, 11) is 0. The first kappa shape index (κ1) is 16.8. The van der Waals surface area contributed by atoms with Crippen LogP contribution in [0.3, 0.4) is 0 Å². The van der Waals surface area contributed by atoms with Crippen molar-refractivity contribution in [1.29, 1.82) is 0 Å². The Morgan fingerprint density at radius 1 is 1.16 bits per heavy atom. The normalized spacial score (nSPS) is 11.7. The van der Waals surface area contributed by atoms with Crippen molar-refractivity contribution < 1.29 is 28.6 Å². The van der Waals surface area contributed by atoms with Gasteiger partial charge >= 0.3 is 5.97 Å². The minimum Gasteiger partial charge on any atom is -0.454 e. The van der Waals surface area contributed by atoms with Gasteiger partial charge in [0.05, 0.1) is 4.88 Å². The van der Waals surface area contributed by atoms with Crippen molar-refractivity contribution in [1.82, 2.24) is 5.32 Å². The lowest BCUT2D eigenvalue weighted by molar-refractivity contribution is -0.146. The Labute approximate surface area is 146 Å². The average Bonchev–Trinajstić information content (AvgIpc) is 3.28. The summed E-state index contributed by atoms with van der Waals surface area (Å²) in [6, 6.07) is 8.31. The van der Waals surface area contributed by atoms with E-state index in [1.165, 1.54) is 11.3 Å². The van der Waals surface area contributed by atoms with Gasteiger partial charge in [0.1, 0.15) is 6.54 Å². The van der Waals surface area contributed by atoms with Crippen molar-refractivity contribution in [2.24, 2.45) is 0 Å². The molecule has 2 amide bonds. The number of ether oxygens (including phenoxy) is 3. The number of rotatable bonds is 6. The van der Waals surface area contributed by atoms with Crippen LogP contribution < -0.4 is 20.1 Å². The molecule has 2 heterocycles. The van der Waals surface area contributed by atoms with Gasteiger partial charge < -0.3 is 24.8 Å². The molecule has 0 bridgehead atoms. The lowest BCUT2D eigenvalue weighted by Gasteiger charge is -2.08. The number of carbonyl (C=O) groups is 3. The van der Waals surface area contributed by atoms with Crippen molar-refractivity contribution in [3.63, 3.8) is 0 Å². The third-order valence-electron chi connectivity index (χ3n) is 3.16. The smallest absolute Gasteiger partial charge is 0.325 e. The second kappa shape index (κ2) is 7.67. The quantitative estimate of drug-likeness (QED) is 0.753. The lowest BCUT2D eigenvalue weighted by atomic mass is 10.3. The van der Waals surface area contributed by atoms with E-state index in [1.807, 2.05) is 0 Å². The molecule has 3 rings (SSSR count). The minimum absolute atomic E-state index is 0.140. The highest BCUT2D eigenvalue weighted by atomic mass is 32.1. The zero-order valence-electron chi connectivity index (χ0n) is 12.9. The largest absolute Gasteiger partial charge is 0.454 e. The summed E-state index contributed by atoms with van der Waals surface area (Å²) in [6.07, 6.45) is 0. The number of nitrogens with one attached hydrogen (secondary N) is 2. The van der Waals surface area contributed by atoms with Gasteiger partial charge in [0.2, 0.25) is 6.79 Å². The van der Waals surface area contributed by atoms with Crippen molar-refractivity contribution in [2.75, 3.05) is 25.3 Å². The van der Waals surface area contributed by atoms with Gasteiger partial charge in [-0.25, -0.2) is 0 Å². The molecule has 0 aliphatic carbocycles. The zero-order chi connectivity index (χ0) is 17.6. The maximum Gasteiger partial charge on any atom is 0.325 e. The van der Waals surface area contributed by atoms with E-state index in [0.717, 1.165) is 0 Å². The fraction of sp³-hybridized carbons (Fsp3) is 0.188. The Hall–Kier alpha value is -3.07. The number of hydrogen-bond donors (Lipinski definition) is 2. The molecular formula is C16H14N2O6S. The predicted molar refractivity (Wildman–Crippen MR) is 88.8 cm³/mol. The van der Waals surface area contributed by atoms with E-state index < -0.39 is 18.5 Å². The van der Waals surface area contributed by atoms with Gasteiger partial charge in [-0.05, 0) is 23.6 Å². The van der Waals surface area contributed by atoms with Crippen LogP contribution in [0.2, 0.25) is 0 Å². The van der Waals surface area contributed by atoms with Crippen molar-refractivity contribution in [3.8, 4) is 11.5 Å². The maximum atomic E-state index is 11.8. The summed E-state index contributed by atoms with van der Waals surface area (Å²) in [5, 5.41) is 6.76. The highest BCUT2D eigenvalue weighted by Gasteiger charge is 2.15. The number of anilines is 1. The van der Waals surface area contributed by atoms with E-state index in [-0.39, 0.29) is 19.2 Å². The molecule has 2 aromatic rings. The van der Waals surface area contributed by atoms with E-state index in [1.54, 1.807) is 35.7 Å². The van der Waals surface area contributed by atoms with Crippen molar-refractivity contribution >= 4 is 34.8 Å². The molecule has 25 heavy (non-hydrogen) atoms. The van der Waals surface area contributed by atoms with Crippen LogP contribution in [0.1, 0.15) is 9.67 Å². The van der Waals surface area contributed by atoms with Gasteiger partial charge in [-0.3, -0.25) is 14.4 Å². The molecule has 0 unspecified atom stereocenters. The van der Waals surface area contributed by atoms with E-state index >= 15 is 0 Å². The molecule has 0 saturated heterocycles. The predicted octanol–water partition coefficient (Wildman–Crippen LogP) is 1.39. The van der Waals surface area contributed by atoms with Gasteiger partial charge in [-0.15, -0.1) is 11.3 Å². The lowest BCUT2D eigenvalue weighted by Crippen LogP contribution is -2.31. The second-order valence-corrected chi connectivity index (χ2v) is 5.88. The van der Waals surface area contributed by atoms with Gasteiger partial charge in [-0.2, -0.15) is 0 Å². The summed E-state index contributed by atoms with van der Waals surface area (Å²) in [5.41, 5.74) is 0.497. The maximum absolute atomic E-state index is 11.8. The summed E-state index contributed by atoms with van der Waals surface area (Å²) >= 11 is 1.26. The number of fused-ring (bicyclic) bond motifs is 1. The first-order valence-corrected chi connectivity index (χ1v) is 8.16. The summed E-state index contributed by atoms with van der Waals surface area (Å²) in [4.78, 5) is 35.5. The standard InChI is InChI=1S/C16H14N2O6S/c19-14(18-10-3-4-11-12(6-10)24-9-23-11)8-22-15(20)7-17-16(21)13-2-1-5-25-13/h1-6H,7-9H2,(H,17,21)(H,18,19). The molecule has 8 nitrogen and oxygen atoms in total. The molecule has 1 aromatic carbocycles. The molecular weight excluding hydrogens is 348 g/mol. The van der Waals surface area contributed by atoms with Crippen LogP contribution in [0.15, 0.2) is 35.7 Å². The monoisotopic (exact) mass is 362 g/mol. The third-order valence-corrected chi connectivity index (χ3v) is 4.03. The highest BCUT2D eigenvalue weighted by molar-refractivity contribution is 7.12. The van der Waals surface area contributed by atoms with Crippen LogP contribution in [-0.4, -0.2) is 37.7 Å². The molecule has 9 heteroatoms. The fourth-order valence-electron chi connectivity index (χ4n) is 2.02. The first-order valence-electron chi connectivity index (χ1n) is 7.28. The first-order chi connectivity index (χ1) is 12.1. The average molecular weight is 362 g/mol. The number of esters is 1. The molecule has 0 atom stereocenters. The Balaban J connectivity index is 1.39. The van der Waals surface area contributed by atoms with Gasteiger partial charge in [0.25, 0.3) is 11.8 Å². The SMILES string of the molecule is O=C(COC(=O)CNC(=O)c1cccs1)Nc1ccc2c(c1)OCO2. The van der Waals surface area contributed by atoms with E-state index in [0.29, 0.717) is 22.1 Å². The van der Waals surface area contributed by atoms with Gasteiger partial charge in [0.15, 0.2) is 18.1 Å². The molecule has 0 radical (unpaired) electrons. The minimum atomic E-state index is -0.703. The number of amides is 2.